The molecule has 0 spiro atoms. The zero-order chi connectivity index (χ0) is 15.9. The number of carbonyl (C=O) groups excluding carboxylic acids is 1. The van der Waals surface area contributed by atoms with E-state index in [-0.39, 0.29) is 11.9 Å². The van der Waals surface area contributed by atoms with Gasteiger partial charge < -0.3 is 5.32 Å². The smallest absolute Gasteiger partial charge is 0.244 e. The molecule has 0 aliphatic rings. The molecule has 0 aliphatic carbocycles. The molecule has 0 heterocycles. The molecule has 0 aromatic heterocycles. The second-order valence-corrected chi connectivity index (χ2v) is 5.59. The highest BCUT2D eigenvalue weighted by Crippen LogP contribution is 2.17. The van der Waals surface area contributed by atoms with E-state index in [1.54, 1.807) is 12.1 Å². The molecule has 2 aromatic carbocycles. The zero-order valence-electron chi connectivity index (χ0n) is 12.8. The van der Waals surface area contributed by atoms with E-state index in [4.69, 9.17) is 11.6 Å². The third-order valence-electron chi connectivity index (χ3n) is 3.57. The largest absolute Gasteiger partial charge is 0.346 e. The molecule has 22 heavy (non-hydrogen) atoms. The summed E-state index contributed by atoms with van der Waals surface area (Å²) in [6.45, 7) is 4.10. The number of benzene rings is 2. The Morgan fingerprint density at radius 3 is 2.50 bits per heavy atom. The molecule has 114 valence electrons. The Morgan fingerprint density at radius 1 is 1.18 bits per heavy atom. The lowest BCUT2D eigenvalue weighted by Gasteiger charge is -2.13. The number of amides is 1. The molecule has 0 radical (unpaired) electrons. The highest BCUT2D eigenvalue weighted by molar-refractivity contribution is 6.32. The van der Waals surface area contributed by atoms with Crippen LogP contribution in [-0.4, -0.2) is 5.91 Å². The van der Waals surface area contributed by atoms with Crippen molar-refractivity contribution in [2.75, 3.05) is 0 Å². The maximum Gasteiger partial charge on any atom is 0.244 e. The molecule has 1 N–H and O–H groups in total. The van der Waals surface area contributed by atoms with Crippen LogP contribution in [0.5, 0.6) is 0 Å². The van der Waals surface area contributed by atoms with Crippen LogP contribution in [0.25, 0.3) is 6.08 Å². The number of aryl methyl sites for hydroxylation is 1. The number of rotatable bonds is 5. The molecule has 2 aromatic rings. The van der Waals surface area contributed by atoms with E-state index >= 15 is 0 Å². The Morgan fingerprint density at radius 2 is 1.86 bits per heavy atom. The fourth-order valence-corrected chi connectivity index (χ4v) is 2.36. The standard InChI is InChI=1S/C19H20ClNO/c1-3-15-8-10-16(11-9-15)14(2)21-19(22)13-12-17-6-4-5-7-18(17)20/h4-14H,3H2,1-2H3,(H,21,22)/b13-12+/t14-/m1/s1. The molecule has 2 nitrogen and oxygen atoms in total. The molecular formula is C19H20ClNO. The summed E-state index contributed by atoms with van der Waals surface area (Å²) in [5, 5.41) is 3.59. The van der Waals surface area contributed by atoms with Crippen molar-refractivity contribution >= 4 is 23.6 Å². The summed E-state index contributed by atoms with van der Waals surface area (Å²) in [5.74, 6) is -0.132. The van der Waals surface area contributed by atoms with Gasteiger partial charge in [0.25, 0.3) is 0 Å². The van der Waals surface area contributed by atoms with Crippen LogP contribution < -0.4 is 5.32 Å². The van der Waals surface area contributed by atoms with Gasteiger partial charge in [-0.25, -0.2) is 0 Å². The Balaban J connectivity index is 1.97. The summed E-state index contributed by atoms with van der Waals surface area (Å²) in [7, 11) is 0. The van der Waals surface area contributed by atoms with Crippen LogP contribution in [0.2, 0.25) is 5.02 Å². The highest BCUT2D eigenvalue weighted by Gasteiger charge is 2.07. The molecule has 1 amide bonds. The summed E-state index contributed by atoms with van der Waals surface area (Å²) < 4.78 is 0. The van der Waals surface area contributed by atoms with Gasteiger partial charge >= 0.3 is 0 Å². The van der Waals surface area contributed by atoms with E-state index in [1.807, 2.05) is 25.1 Å². The van der Waals surface area contributed by atoms with Crippen molar-refractivity contribution in [3.8, 4) is 0 Å². The monoisotopic (exact) mass is 313 g/mol. The summed E-state index contributed by atoms with van der Waals surface area (Å²) in [5.41, 5.74) is 3.22. The minimum atomic E-state index is -0.132. The van der Waals surface area contributed by atoms with Crippen LogP contribution in [-0.2, 0) is 11.2 Å². The van der Waals surface area contributed by atoms with Crippen LogP contribution in [0.15, 0.2) is 54.6 Å². The van der Waals surface area contributed by atoms with Gasteiger partial charge in [0, 0.05) is 11.1 Å². The lowest BCUT2D eigenvalue weighted by atomic mass is 10.0. The lowest BCUT2D eigenvalue weighted by Crippen LogP contribution is -2.24. The lowest BCUT2D eigenvalue weighted by molar-refractivity contribution is -0.117. The van der Waals surface area contributed by atoms with E-state index in [0.29, 0.717) is 5.02 Å². The maximum atomic E-state index is 12.0. The molecule has 3 heteroatoms. The molecule has 1 atom stereocenters. The summed E-state index contributed by atoms with van der Waals surface area (Å²) in [6.07, 6.45) is 4.25. The minimum absolute atomic E-state index is 0.0331. The summed E-state index contributed by atoms with van der Waals surface area (Å²) in [4.78, 5) is 12.0. The third kappa shape index (κ3) is 4.47. The molecule has 2 rings (SSSR count). The normalized spacial score (nSPS) is 12.3. The fraction of sp³-hybridized carbons (Fsp3) is 0.211. The number of hydrogen-bond donors (Lipinski definition) is 1. The second kappa shape index (κ2) is 7.81. The number of halogens is 1. The Labute approximate surface area is 136 Å². The van der Waals surface area contributed by atoms with E-state index in [9.17, 15) is 4.79 Å². The Bertz CT molecular complexity index is 661. The van der Waals surface area contributed by atoms with E-state index in [2.05, 4.69) is 36.5 Å². The maximum absolute atomic E-state index is 12.0. The zero-order valence-corrected chi connectivity index (χ0v) is 13.6. The van der Waals surface area contributed by atoms with Gasteiger partial charge in [0.1, 0.15) is 0 Å². The van der Waals surface area contributed by atoms with Gasteiger partial charge in [-0.05, 0) is 42.2 Å². The SMILES string of the molecule is CCc1ccc([C@@H](C)NC(=O)/C=C/c2ccccc2Cl)cc1. The van der Waals surface area contributed by atoms with E-state index in [0.717, 1.165) is 17.5 Å². The van der Waals surface area contributed by atoms with Crippen molar-refractivity contribution < 1.29 is 4.79 Å². The molecular weight excluding hydrogens is 294 g/mol. The van der Waals surface area contributed by atoms with Crippen molar-refractivity contribution in [3.05, 3.63) is 76.3 Å². The highest BCUT2D eigenvalue weighted by atomic mass is 35.5. The van der Waals surface area contributed by atoms with E-state index < -0.39 is 0 Å². The molecule has 0 bridgehead atoms. The van der Waals surface area contributed by atoms with Crippen LogP contribution in [0, 0.1) is 0 Å². The first-order valence-corrected chi connectivity index (χ1v) is 7.80. The molecule has 0 fully saturated rings. The quantitative estimate of drug-likeness (QED) is 0.790. The van der Waals surface area contributed by atoms with Crippen molar-refractivity contribution in [3.63, 3.8) is 0 Å². The van der Waals surface area contributed by atoms with Gasteiger partial charge in [-0.2, -0.15) is 0 Å². The van der Waals surface area contributed by atoms with Gasteiger partial charge in [-0.3, -0.25) is 4.79 Å². The predicted molar refractivity (Wildman–Crippen MR) is 92.9 cm³/mol. The summed E-state index contributed by atoms with van der Waals surface area (Å²) in [6, 6.07) is 15.7. The molecule has 0 unspecified atom stereocenters. The van der Waals surface area contributed by atoms with Crippen LogP contribution in [0.3, 0.4) is 0 Å². The topological polar surface area (TPSA) is 29.1 Å². The van der Waals surface area contributed by atoms with Crippen molar-refractivity contribution in [2.24, 2.45) is 0 Å². The van der Waals surface area contributed by atoms with Gasteiger partial charge in [0.05, 0.1) is 6.04 Å². The van der Waals surface area contributed by atoms with Crippen molar-refractivity contribution in [2.45, 2.75) is 26.3 Å². The van der Waals surface area contributed by atoms with Gasteiger partial charge in [0.2, 0.25) is 5.91 Å². The van der Waals surface area contributed by atoms with Crippen molar-refractivity contribution in [1.29, 1.82) is 0 Å². The predicted octanol–water partition coefficient (Wildman–Crippen LogP) is 4.79. The first kappa shape index (κ1) is 16.3. The van der Waals surface area contributed by atoms with Crippen LogP contribution >= 0.6 is 11.6 Å². The van der Waals surface area contributed by atoms with Crippen LogP contribution in [0.4, 0.5) is 0 Å². The van der Waals surface area contributed by atoms with Gasteiger partial charge in [0.15, 0.2) is 0 Å². The second-order valence-electron chi connectivity index (χ2n) is 5.18. The fourth-order valence-electron chi connectivity index (χ4n) is 2.16. The Kier molecular flexibility index (Phi) is 5.79. The van der Waals surface area contributed by atoms with Gasteiger partial charge in [-0.1, -0.05) is 61.0 Å². The molecule has 0 aliphatic heterocycles. The summed E-state index contributed by atoms with van der Waals surface area (Å²) >= 11 is 6.05. The Hall–Kier alpha value is -2.06. The molecule has 0 saturated heterocycles. The van der Waals surface area contributed by atoms with Crippen LogP contribution in [0.1, 0.15) is 36.6 Å². The van der Waals surface area contributed by atoms with E-state index in [1.165, 1.54) is 11.6 Å². The first-order valence-electron chi connectivity index (χ1n) is 7.42. The first-order chi connectivity index (χ1) is 10.6. The average molecular weight is 314 g/mol. The molecule has 0 saturated carbocycles. The minimum Gasteiger partial charge on any atom is -0.346 e. The number of nitrogens with one attached hydrogen (secondary N) is 1. The van der Waals surface area contributed by atoms with Gasteiger partial charge in [-0.15, -0.1) is 0 Å². The number of carbonyl (C=O) groups is 1. The average Bonchev–Trinajstić information content (AvgIpc) is 2.54. The third-order valence-corrected chi connectivity index (χ3v) is 3.91. The van der Waals surface area contributed by atoms with Crippen molar-refractivity contribution in [1.82, 2.24) is 5.32 Å². The number of hydrogen-bond acceptors (Lipinski definition) is 1.